The predicted octanol–water partition coefficient (Wildman–Crippen LogP) is 18.6. The lowest BCUT2D eigenvalue weighted by Gasteiger charge is -2.25. The molecule has 0 spiro atoms. The number of aromatic nitrogens is 5. The number of fused-ring (bicyclic) bond motifs is 8. The van der Waals surface area contributed by atoms with Crippen molar-refractivity contribution in [2.45, 2.75) is 79.1 Å². The Kier molecular flexibility index (Phi) is 11.0. The van der Waals surface area contributed by atoms with E-state index in [1.807, 2.05) is 66.9 Å². The maximum atomic E-state index is 7.10. The van der Waals surface area contributed by atoms with Crippen molar-refractivity contribution in [2.24, 2.45) is 0 Å². The SMILES string of the molecule is CC(C)c1cccc(C(C)C)c1-c1nc2c(-c3cc4c(cn3)oc3ccccc34)cc(N(c3ccccc3)c3cc4oc(-c5c(C(C)C)cccc5C(C)C)nc4c(-c4cc5c(cn4)oc4ccccc45)n3)cc2o1. The lowest BCUT2D eigenvalue weighted by Crippen LogP contribution is -2.12. The van der Waals surface area contributed by atoms with Gasteiger partial charge in [-0.3, -0.25) is 14.9 Å². The lowest BCUT2D eigenvalue weighted by molar-refractivity contribution is 0.615. The van der Waals surface area contributed by atoms with E-state index in [0.29, 0.717) is 68.0 Å². The van der Waals surface area contributed by atoms with Crippen LogP contribution in [-0.2, 0) is 0 Å². The Hall–Kier alpha value is -8.89. The summed E-state index contributed by atoms with van der Waals surface area (Å²) in [7, 11) is 0. The van der Waals surface area contributed by atoms with Crippen molar-refractivity contribution in [1.29, 1.82) is 0 Å². The second-order valence-corrected chi connectivity index (χ2v) is 20.8. The van der Waals surface area contributed by atoms with Gasteiger partial charge in [-0.25, -0.2) is 15.0 Å². The number of para-hydroxylation sites is 3. The Morgan fingerprint density at radius 3 is 1.40 bits per heavy atom. The lowest BCUT2D eigenvalue weighted by atomic mass is 9.88. The molecule has 0 bridgehead atoms. The number of furan rings is 2. The summed E-state index contributed by atoms with van der Waals surface area (Å²) in [6.07, 6.45) is 3.59. The Balaban J connectivity index is 1.10. The van der Waals surface area contributed by atoms with Crippen LogP contribution in [0.3, 0.4) is 0 Å². The highest BCUT2D eigenvalue weighted by Crippen LogP contribution is 2.46. The van der Waals surface area contributed by atoms with E-state index >= 15 is 0 Å². The molecule has 10 heteroatoms. The summed E-state index contributed by atoms with van der Waals surface area (Å²) in [5.74, 6) is 2.55. The molecule has 0 unspecified atom stereocenters. The third-order valence-electron chi connectivity index (χ3n) is 14.6. The highest BCUT2D eigenvalue weighted by atomic mass is 16.4. The predicted molar refractivity (Wildman–Crippen MR) is 302 cm³/mol. The summed E-state index contributed by atoms with van der Waals surface area (Å²) in [6.45, 7) is 17.7. The summed E-state index contributed by atoms with van der Waals surface area (Å²) in [5.41, 5.74) is 16.4. The van der Waals surface area contributed by atoms with Gasteiger partial charge in [0, 0.05) is 56.1 Å². The van der Waals surface area contributed by atoms with Gasteiger partial charge in [-0.15, -0.1) is 0 Å². The van der Waals surface area contributed by atoms with Gasteiger partial charge in [-0.05, 0) is 88.4 Å². The molecule has 7 heterocycles. The number of anilines is 3. The quantitative estimate of drug-likeness (QED) is 0.124. The standard InChI is InChI=1S/C65H54N6O4/c1-35(2)41-22-16-23-42(36(3)4)59(41)64-69-61-49(50-30-47-45-20-12-14-26-52(45)72-56(47)33-66-50)28-40(29-54(61)74-64)71(39-18-10-9-11-19-39)58-32-55-63(70-65(75-55)60-43(37(5)6)24-17-25-44(60)38(7)8)62(68-58)51-31-48-46-21-13-15-27-53(46)73-57(48)34-67-51/h9-38H,1-8H3. The van der Waals surface area contributed by atoms with E-state index in [4.69, 9.17) is 42.6 Å². The highest BCUT2D eigenvalue weighted by Gasteiger charge is 2.28. The monoisotopic (exact) mass is 982 g/mol. The molecule has 0 atom stereocenters. The van der Waals surface area contributed by atoms with Gasteiger partial charge in [0.15, 0.2) is 22.3 Å². The topological polar surface area (TPSA) is 120 Å². The third kappa shape index (κ3) is 7.73. The molecule has 0 aliphatic rings. The molecule has 0 radical (unpaired) electrons. The number of hydrogen-bond acceptors (Lipinski definition) is 10. The summed E-state index contributed by atoms with van der Waals surface area (Å²) in [5, 5.41) is 3.88. The van der Waals surface area contributed by atoms with Crippen LogP contribution >= 0.6 is 0 Å². The number of nitrogens with zero attached hydrogens (tertiary/aromatic N) is 6. The maximum absolute atomic E-state index is 7.10. The first-order valence-corrected chi connectivity index (χ1v) is 25.9. The average molecular weight is 983 g/mol. The molecule has 0 aliphatic carbocycles. The zero-order chi connectivity index (χ0) is 51.2. The zero-order valence-corrected chi connectivity index (χ0v) is 43.1. The van der Waals surface area contributed by atoms with Crippen molar-refractivity contribution < 1.29 is 17.7 Å². The smallest absolute Gasteiger partial charge is 0.227 e. The van der Waals surface area contributed by atoms with Gasteiger partial charge in [-0.2, -0.15) is 0 Å². The van der Waals surface area contributed by atoms with Crippen LogP contribution in [0.25, 0.3) is 112 Å². The summed E-state index contributed by atoms with van der Waals surface area (Å²) < 4.78 is 26.7. The van der Waals surface area contributed by atoms with Gasteiger partial charge in [0.25, 0.3) is 0 Å². The normalized spacial score (nSPS) is 12.2. The summed E-state index contributed by atoms with van der Waals surface area (Å²) in [6, 6.07) is 49.7. The molecule has 0 amide bonds. The number of pyridine rings is 3. The largest absolute Gasteiger partial charge is 0.454 e. The Labute approximate surface area is 433 Å². The molecule has 13 aromatic rings. The third-order valence-corrected chi connectivity index (χ3v) is 14.6. The minimum atomic E-state index is 0.216. The number of hydrogen-bond donors (Lipinski definition) is 0. The molecule has 368 valence electrons. The number of rotatable bonds is 11. The Morgan fingerprint density at radius 1 is 0.373 bits per heavy atom. The zero-order valence-electron chi connectivity index (χ0n) is 43.1. The Bertz CT molecular complexity index is 4030. The first-order chi connectivity index (χ1) is 36.5. The molecule has 0 fully saturated rings. The van der Waals surface area contributed by atoms with E-state index in [1.165, 1.54) is 11.1 Å². The van der Waals surface area contributed by atoms with Crippen LogP contribution in [0.4, 0.5) is 17.2 Å². The van der Waals surface area contributed by atoms with Crippen LogP contribution < -0.4 is 4.90 Å². The van der Waals surface area contributed by atoms with Crippen molar-refractivity contribution in [3.8, 4) is 45.6 Å². The molecule has 10 nitrogen and oxygen atoms in total. The van der Waals surface area contributed by atoms with Crippen LogP contribution in [0.2, 0.25) is 0 Å². The Morgan fingerprint density at radius 2 is 0.853 bits per heavy atom. The molecule has 7 aromatic heterocycles. The minimum Gasteiger partial charge on any atom is -0.454 e. The van der Waals surface area contributed by atoms with E-state index in [-0.39, 0.29) is 23.7 Å². The molecule has 0 saturated heterocycles. The minimum absolute atomic E-state index is 0.216. The van der Waals surface area contributed by atoms with Crippen LogP contribution in [-0.4, -0.2) is 24.9 Å². The van der Waals surface area contributed by atoms with Crippen molar-refractivity contribution in [1.82, 2.24) is 24.9 Å². The summed E-state index contributed by atoms with van der Waals surface area (Å²) >= 11 is 0. The second-order valence-electron chi connectivity index (χ2n) is 20.8. The van der Waals surface area contributed by atoms with E-state index in [1.54, 1.807) is 6.20 Å². The molecule has 13 rings (SSSR count). The van der Waals surface area contributed by atoms with E-state index in [0.717, 1.165) is 71.9 Å². The van der Waals surface area contributed by atoms with Crippen LogP contribution in [0.1, 0.15) is 101 Å². The van der Waals surface area contributed by atoms with Gasteiger partial charge in [0.2, 0.25) is 11.8 Å². The maximum Gasteiger partial charge on any atom is 0.227 e. The molecule has 75 heavy (non-hydrogen) atoms. The fourth-order valence-corrected chi connectivity index (χ4v) is 10.9. The fourth-order valence-electron chi connectivity index (χ4n) is 10.9. The second kappa shape index (κ2) is 17.9. The van der Waals surface area contributed by atoms with Crippen LogP contribution in [0.15, 0.2) is 176 Å². The highest BCUT2D eigenvalue weighted by molar-refractivity contribution is 6.08. The molecule has 0 aliphatic heterocycles. The van der Waals surface area contributed by atoms with Gasteiger partial charge in [0.1, 0.15) is 33.7 Å². The summed E-state index contributed by atoms with van der Waals surface area (Å²) in [4.78, 5) is 28.7. The number of oxazole rings is 2. The van der Waals surface area contributed by atoms with Crippen LogP contribution in [0.5, 0.6) is 0 Å². The molecular formula is C65H54N6O4. The van der Waals surface area contributed by atoms with Gasteiger partial charge in [0.05, 0.1) is 29.5 Å². The average Bonchev–Trinajstić information content (AvgIpc) is 4.26. The number of benzene rings is 6. The van der Waals surface area contributed by atoms with Crippen molar-refractivity contribution in [3.63, 3.8) is 0 Å². The van der Waals surface area contributed by atoms with E-state index in [9.17, 15) is 0 Å². The van der Waals surface area contributed by atoms with E-state index < -0.39 is 0 Å². The van der Waals surface area contributed by atoms with Crippen molar-refractivity contribution in [3.05, 3.63) is 180 Å². The first kappa shape index (κ1) is 45.9. The van der Waals surface area contributed by atoms with Gasteiger partial charge < -0.3 is 17.7 Å². The fraction of sp³-hybridized carbons (Fsp3) is 0.185. The molecule has 0 saturated carbocycles. The van der Waals surface area contributed by atoms with E-state index in [2.05, 4.69) is 145 Å². The molecule has 6 aromatic carbocycles. The molecule has 0 N–H and O–H groups in total. The molecular weight excluding hydrogens is 929 g/mol. The van der Waals surface area contributed by atoms with Gasteiger partial charge in [-0.1, -0.05) is 146 Å². The first-order valence-electron chi connectivity index (χ1n) is 25.9. The van der Waals surface area contributed by atoms with Crippen molar-refractivity contribution in [2.75, 3.05) is 4.90 Å². The van der Waals surface area contributed by atoms with Gasteiger partial charge >= 0.3 is 0 Å². The van der Waals surface area contributed by atoms with Crippen molar-refractivity contribution >= 4 is 83.3 Å². The van der Waals surface area contributed by atoms with Crippen LogP contribution in [0, 0.1) is 0 Å².